The minimum Gasteiger partial charge on any atom is -0.383 e. The van der Waals surface area contributed by atoms with Crippen molar-refractivity contribution in [2.75, 3.05) is 17.2 Å². The highest BCUT2D eigenvalue weighted by Crippen LogP contribution is 2.25. The van der Waals surface area contributed by atoms with Gasteiger partial charge in [0.2, 0.25) is 11.2 Å². The number of fused-ring (bicyclic) bond motifs is 3. The summed E-state index contributed by atoms with van der Waals surface area (Å²) in [7, 11) is 6.93. The van der Waals surface area contributed by atoms with Gasteiger partial charge in [0, 0.05) is 34.4 Å². The molecule has 7 heterocycles. The van der Waals surface area contributed by atoms with E-state index in [0.29, 0.717) is 39.7 Å². The normalized spacial score (nSPS) is 13.2. The zero-order valence-corrected chi connectivity index (χ0v) is 25.0. The van der Waals surface area contributed by atoms with Crippen LogP contribution in [-0.2, 0) is 28.2 Å². The van der Waals surface area contributed by atoms with Crippen LogP contribution >= 0.6 is 11.6 Å². The number of rotatable bonds is 0. The van der Waals surface area contributed by atoms with Crippen molar-refractivity contribution in [3.8, 4) is 0 Å². The van der Waals surface area contributed by atoms with Crippen molar-refractivity contribution in [2.45, 2.75) is 6.10 Å². The molecule has 7 rings (SSSR count). The third-order valence-corrected chi connectivity index (χ3v) is 5.95. The maximum atomic E-state index is 12.6. The Bertz CT molecular complexity index is 2000. The molecule has 234 valence electrons. The lowest BCUT2D eigenvalue weighted by molar-refractivity contribution is 0.225. The van der Waals surface area contributed by atoms with Gasteiger partial charge in [-0.2, -0.15) is 29.3 Å². The first-order valence-corrected chi connectivity index (χ1v) is 13.0. The number of hydrogen-bond acceptors (Lipinski definition) is 15. The van der Waals surface area contributed by atoms with Crippen molar-refractivity contribution >= 4 is 63.5 Å². The molecule has 7 N–H and O–H groups in total. The maximum Gasteiger partial charge on any atom is 0.351 e. The third-order valence-electron chi connectivity index (χ3n) is 5.78. The summed E-state index contributed by atoms with van der Waals surface area (Å²) >= 11 is 5.61. The highest BCUT2D eigenvalue weighted by Gasteiger charge is 2.15. The number of nitrogens with zero attached hydrogens (tertiary/aromatic N) is 14. The predicted octanol–water partition coefficient (Wildman–Crippen LogP) is 0.167. The van der Waals surface area contributed by atoms with E-state index in [2.05, 4.69) is 49.8 Å². The molecule has 1 atom stereocenters. The van der Waals surface area contributed by atoms with Crippen LogP contribution in [0.3, 0.4) is 0 Å². The summed E-state index contributed by atoms with van der Waals surface area (Å²) in [6.45, 7) is 0. The second kappa shape index (κ2) is 13.6. The Balaban J connectivity index is 0.000000137. The fourth-order valence-corrected chi connectivity index (χ4v) is 3.74. The van der Waals surface area contributed by atoms with Crippen molar-refractivity contribution in [2.24, 2.45) is 33.2 Å². The summed E-state index contributed by atoms with van der Waals surface area (Å²) < 4.78 is 19.0. The van der Waals surface area contributed by atoms with E-state index in [1.54, 1.807) is 58.8 Å². The zero-order chi connectivity index (χ0) is 32.8. The molecule has 0 spiro atoms. The van der Waals surface area contributed by atoms with Gasteiger partial charge < -0.3 is 36.0 Å². The quantitative estimate of drug-likeness (QED) is 0.161. The van der Waals surface area contributed by atoms with Crippen LogP contribution in [0.4, 0.5) is 27.8 Å². The summed E-state index contributed by atoms with van der Waals surface area (Å²) in [6, 6.07) is 0. The molecule has 21 heteroatoms. The molecule has 45 heavy (non-hydrogen) atoms. The maximum absolute atomic E-state index is 12.6. The number of aliphatic hydroxyl groups is 1. The lowest BCUT2D eigenvalue weighted by atomic mass is 10.2. The highest BCUT2D eigenvalue weighted by molar-refractivity contribution is 6.28. The van der Waals surface area contributed by atoms with Crippen LogP contribution in [0.15, 0.2) is 47.2 Å². The van der Waals surface area contributed by atoms with E-state index in [1.807, 2.05) is 14.1 Å². The molecule has 0 saturated heterocycles. The average molecular weight is 640 g/mol. The molecule has 1 aliphatic rings. The Morgan fingerprint density at radius 3 is 1.98 bits per heavy atom. The van der Waals surface area contributed by atoms with Gasteiger partial charge in [0.15, 0.2) is 28.7 Å². The average Bonchev–Trinajstić information content (AvgIpc) is 3.62. The second-order valence-electron chi connectivity index (χ2n) is 9.09. The zero-order valence-electron chi connectivity index (χ0n) is 24.2. The van der Waals surface area contributed by atoms with Crippen molar-refractivity contribution in [3.63, 3.8) is 0 Å². The van der Waals surface area contributed by atoms with Crippen LogP contribution in [0.25, 0.3) is 22.3 Å². The second-order valence-corrected chi connectivity index (χ2v) is 9.43. The fraction of sp³-hybridized carbons (Fsp3) is 0.208. The molecule has 0 aliphatic carbocycles. The Morgan fingerprint density at radius 2 is 1.36 bits per heavy atom. The SMILES string of the molecule is Cn1cnc(N)nc1=O.Cn1cnc2c(N)nc(Cl)nc21.Cn1cnc2c(N)nc(F)nc21.Cn1cnc2c1N=CC=C[C@H]2O. The molecule has 0 radical (unpaired) electrons. The molecule has 0 aromatic carbocycles. The summed E-state index contributed by atoms with van der Waals surface area (Å²) in [5, 5.41) is 9.65. The van der Waals surface area contributed by atoms with E-state index >= 15 is 0 Å². The van der Waals surface area contributed by atoms with Crippen LogP contribution in [0.5, 0.6) is 0 Å². The number of anilines is 3. The van der Waals surface area contributed by atoms with E-state index in [9.17, 15) is 14.3 Å². The standard InChI is InChI=1S/C8H9N3O.C6H6ClN5.C6H6FN5.C4H6N4O/c1-11-5-10-7-6(12)3-2-4-9-8(7)11;2*1-12-2-9-3-4(8)10-6(7)11-5(3)12;1-8-2-6-3(5)7-4(8)9/h2-6,12H,1H3;2*2H,1H3,(H2,8,10,11);2H,1H3,(H2,5,7,9)/t6-;;;/m1.../s1. The first kappa shape index (κ1) is 32.0. The summed E-state index contributed by atoms with van der Waals surface area (Å²) in [6.07, 6.45) is 9.65. The van der Waals surface area contributed by atoms with Crippen LogP contribution < -0.4 is 22.9 Å². The van der Waals surface area contributed by atoms with E-state index < -0.39 is 12.2 Å². The monoisotopic (exact) mass is 639 g/mol. The smallest absolute Gasteiger partial charge is 0.351 e. The number of allylic oxidation sites excluding steroid dienone is 1. The Labute approximate surface area is 257 Å². The number of hydrogen-bond donors (Lipinski definition) is 4. The fourth-order valence-electron chi connectivity index (χ4n) is 3.57. The van der Waals surface area contributed by atoms with Crippen LogP contribution in [-0.4, -0.2) is 74.4 Å². The lowest BCUT2D eigenvalue weighted by Gasteiger charge is -2.00. The molecular weight excluding hydrogens is 613 g/mol. The van der Waals surface area contributed by atoms with Crippen molar-refractivity contribution < 1.29 is 9.50 Å². The van der Waals surface area contributed by atoms with Gasteiger partial charge in [-0.25, -0.2) is 29.7 Å². The molecule has 0 fully saturated rings. The van der Waals surface area contributed by atoms with Gasteiger partial charge in [-0.05, 0) is 23.8 Å². The molecule has 1 aliphatic heterocycles. The first-order chi connectivity index (χ1) is 21.3. The summed E-state index contributed by atoms with van der Waals surface area (Å²) in [4.78, 5) is 48.2. The Hall–Kier alpha value is -5.89. The van der Waals surface area contributed by atoms with E-state index in [1.165, 1.54) is 17.2 Å². The number of aliphatic hydroxyl groups excluding tert-OH is 1. The van der Waals surface area contributed by atoms with Gasteiger partial charge in [0.05, 0.1) is 19.0 Å². The van der Waals surface area contributed by atoms with Gasteiger partial charge in [-0.15, -0.1) is 0 Å². The van der Waals surface area contributed by atoms with Gasteiger partial charge in [0.25, 0.3) is 0 Å². The number of imidazole rings is 3. The topological polar surface area (TPSA) is 263 Å². The number of aromatic nitrogens is 13. The van der Waals surface area contributed by atoms with Gasteiger partial charge in [-0.3, -0.25) is 4.57 Å². The minimum atomic E-state index is -0.830. The number of aryl methyl sites for hydroxylation is 4. The van der Waals surface area contributed by atoms with Crippen molar-refractivity contribution in [1.29, 1.82) is 0 Å². The van der Waals surface area contributed by atoms with Crippen LogP contribution in [0.1, 0.15) is 11.8 Å². The number of aliphatic imine (C=N–C) groups is 1. The van der Waals surface area contributed by atoms with Crippen molar-refractivity contribution in [3.05, 3.63) is 65.0 Å². The molecule has 0 unspecified atom stereocenters. The molecule has 0 amide bonds. The molecule has 19 nitrogen and oxygen atoms in total. The third kappa shape index (κ3) is 7.55. The van der Waals surface area contributed by atoms with Crippen LogP contribution in [0.2, 0.25) is 5.28 Å². The largest absolute Gasteiger partial charge is 0.383 e. The predicted molar refractivity (Wildman–Crippen MR) is 164 cm³/mol. The van der Waals surface area contributed by atoms with E-state index in [-0.39, 0.29) is 22.7 Å². The Morgan fingerprint density at radius 1 is 0.778 bits per heavy atom. The molecular formula is C24H27ClFN17O2. The Kier molecular flexibility index (Phi) is 9.68. The molecule has 6 aromatic rings. The summed E-state index contributed by atoms with van der Waals surface area (Å²) in [5.74, 6) is 1.11. The van der Waals surface area contributed by atoms with E-state index in [0.717, 1.165) is 0 Å². The minimum absolute atomic E-state index is 0.0121. The first-order valence-electron chi connectivity index (χ1n) is 12.6. The molecule has 0 bridgehead atoms. The number of nitrogens with two attached hydrogens (primary N) is 3. The van der Waals surface area contributed by atoms with Gasteiger partial charge in [-0.1, -0.05) is 0 Å². The summed E-state index contributed by atoms with van der Waals surface area (Å²) in [5.41, 5.74) is 18.3. The number of halogens is 2. The molecule has 6 aromatic heterocycles. The highest BCUT2D eigenvalue weighted by atomic mass is 35.5. The van der Waals surface area contributed by atoms with Crippen molar-refractivity contribution in [1.82, 2.24) is 63.1 Å². The lowest BCUT2D eigenvalue weighted by Crippen LogP contribution is -2.21. The number of nitrogen functional groups attached to an aromatic ring is 3. The van der Waals surface area contributed by atoms with E-state index in [4.69, 9.17) is 28.8 Å². The molecule has 0 saturated carbocycles. The van der Waals surface area contributed by atoms with Crippen LogP contribution in [0, 0.1) is 6.08 Å². The van der Waals surface area contributed by atoms with Gasteiger partial charge >= 0.3 is 11.8 Å². The van der Waals surface area contributed by atoms with Gasteiger partial charge in [0.1, 0.15) is 29.2 Å².